The number of unbranched alkanes of at least 4 members (excludes halogenated alkanes) is 37. The molecular weight excluding hydrogens is 829 g/mol. The van der Waals surface area contributed by atoms with Gasteiger partial charge in [0, 0.05) is 19.3 Å². The van der Waals surface area contributed by atoms with Gasteiger partial charge in [-0.15, -0.1) is 0 Å². The van der Waals surface area contributed by atoms with E-state index in [1.807, 2.05) is 0 Å². The Balaban J connectivity index is 4.21. The van der Waals surface area contributed by atoms with Crippen LogP contribution in [0.15, 0.2) is 0 Å². The first-order valence-electron chi connectivity index (χ1n) is 30.1. The van der Waals surface area contributed by atoms with Crippen LogP contribution < -0.4 is 0 Å². The van der Waals surface area contributed by atoms with Gasteiger partial charge in [-0.25, -0.2) is 0 Å². The van der Waals surface area contributed by atoms with E-state index in [1.165, 1.54) is 218 Å². The van der Waals surface area contributed by atoms with Gasteiger partial charge in [-0.2, -0.15) is 0 Å². The van der Waals surface area contributed by atoms with E-state index in [-0.39, 0.29) is 31.1 Å². The van der Waals surface area contributed by atoms with Crippen LogP contribution in [0, 0.1) is 17.8 Å². The highest BCUT2D eigenvalue weighted by Crippen LogP contribution is 2.19. The van der Waals surface area contributed by atoms with Crippen LogP contribution in [0.4, 0.5) is 0 Å². The Morgan fingerprint density at radius 1 is 0.254 bits per heavy atom. The zero-order valence-corrected chi connectivity index (χ0v) is 46.2. The molecule has 398 valence electrons. The molecule has 0 saturated heterocycles. The first-order valence-corrected chi connectivity index (χ1v) is 30.1. The lowest BCUT2D eigenvalue weighted by molar-refractivity contribution is -0.167. The van der Waals surface area contributed by atoms with E-state index in [9.17, 15) is 14.4 Å². The van der Waals surface area contributed by atoms with Crippen molar-refractivity contribution in [3.8, 4) is 0 Å². The van der Waals surface area contributed by atoms with E-state index in [2.05, 4.69) is 41.5 Å². The largest absolute Gasteiger partial charge is 0.462 e. The molecule has 0 aromatic carbocycles. The Hall–Kier alpha value is -1.59. The fraction of sp³-hybridized carbons (Fsp3) is 0.951. The van der Waals surface area contributed by atoms with Gasteiger partial charge < -0.3 is 14.2 Å². The Morgan fingerprint density at radius 3 is 0.642 bits per heavy atom. The summed E-state index contributed by atoms with van der Waals surface area (Å²) in [4.78, 5) is 38.1. The van der Waals surface area contributed by atoms with Crippen molar-refractivity contribution in [1.82, 2.24) is 0 Å². The van der Waals surface area contributed by atoms with E-state index in [1.54, 1.807) is 0 Å². The van der Waals surface area contributed by atoms with E-state index in [0.29, 0.717) is 19.3 Å². The second-order valence-electron chi connectivity index (χ2n) is 22.4. The van der Waals surface area contributed by atoms with Gasteiger partial charge in [-0.1, -0.05) is 298 Å². The van der Waals surface area contributed by atoms with Gasteiger partial charge in [0.15, 0.2) is 6.10 Å². The number of carbonyl (C=O) groups is 3. The van der Waals surface area contributed by atoms with Crippen LogP contribution in [-0.2, 0) is 28.6 Å². The zero-order valence-electron chi connectivity index (χ0n) is 46.2. The molecule has 1 atom stereocenters. The molecule has 0 saturated carbocycles. The summed E-state index contributed by atoms with van der Waals surface area (Å²) in [6.45, 7) is 13.7. The van der Waals surface area contributed by atoms with Gasteiger partial charge in [0.25, 0.3) is 0 Å². The molecule has 6 nitrogen and oxygen atoms in total. The van der Waals surface area contributed by atoms with Crippen LogP contribution in [0.5, 0.6) is 0 Å². The van der Waals surface area contributed by atoms with Crippen LogP contribution in [0.3, 0.4) is 0 Å². The lowest BCUT2D eigenvalue weighted by atomic mass is 10.0. The summed E-state index contributed by atoms with van der Waals surface area (Å²) in [7, 11) is 0. The number of rotatable bonds is 54. The number of esters is 3. The van der Waals surface area contributed by atoms with Gasteiger partial charge in [-0.05, 0) is 37.0 Å². The van der Waals surface area contributed by atoms with E-state index in [0.717, 1.165) is 75.5 Å². The highest BCUT2D eigenvalue weighted by Gasteiger charge is 2.19. The average molecular weight is 948 g/mol. The maximum Gasteiger partial charge on any atom is 0.306 e. The molecule has 0 bridgehead atoms. The minimum Gasteiger partial charge on any atom is -0.462 e. The van der Waals surface area contributed by atoms with Gasteiger partial charge >= 0.3 is 17.9 Å². The summed E-state index contributed by atoms with van der Waals surface area (Å²) >= 11 is 0. The normalized spacial score (nSPS) is 12.1. The van der Waals surface area contributed by atoms with Crippen molar-refractivity contribution in [3.05, 3.63) is 0 Å². The minimum absolute atomic E-state index is 0.0638. The molecule has 0 fully saturated rings. The Labute approximate surface area is 418 Å². The molecule has 0 aliphatic heterocycles. The van der Waals surface area contributed by atoms with E-state index >= 15 is 0 Å². The van der Waals surface area contributed by atoms with Gasteiger partial charge in [-0.3, -0.25) is 14.4 Å². The molecule has 0 heterocycles. The third-order valence-electron chi connectivity index (χ3n) is 13.9. The first kappa shape index (κ1) is 65.4. The van der Waals surface area contributed by atoms with Gasteiger partial charge in [0.1, 0.15) is 13.2 Å². The summed E-state index contributed by atoms with van der Waals surface area (Å²) in [5, 5.41) is 0. The van der Waals surface area contributed by atoms with Crippen LogP contribution in [0.2, 0.25) is 0 Å². The van der Waals surface area contributed by atoms with E-state index < -0.39 is 6.10 Å². The number of carbonyl (C=O) groups excluding carboxylic acids is 3. The van der Waals surface area contributed by atoms with Crippen LogP contribution in [0.25, 0.3) is 0 Å². The fourth-order valence-electron chi connectivity index (χ4n) is 9.35. The lowest BCUT2D eigenvalue weighted by Crippen LogP contribution is -2.30. The molecule has 0 spiro atoms. The topological polar surface area (TPSA) is 78.9 Å². The van der Waals surface area contributed by atoms with Crippen molar-refractivity contribution in [2.45, 2.75) is 343 Å². The van der Waals surface area contributed by atoms with Crippen molar-refractivity contribution < 1.29 is 28.6 Å². The summed E-state index contributed by atoms with van der Waals surface area (Å²) in [6.07, 6.45) is 55.4. The SMILES string of the molecule is CC(C)CCCCCCCCCCCCCCCCCCCCC(=O)O[C@@H](COC(=O)CCCCCCCCCCCCCCCCCC(C)C)COC(=O)CCCCCCCCCC(C)C. The predicted molar refractivity (Wildman–Crippen MR) is 289 cm³/mol. The van der Waals surface area contributed by atoms with Crippen molar-refractivity contribution in [1.29, 1.82) is 0 Å². The first-order chi connectivity index (χ1) is 32.6. The summed E-state index contributed by atoms with van der Waals surface area (Å²) in [6, 6.07) is 0. The smallest absolute Gasteiger partial charge is 0.306 e. The molecule has 0 N–H and O–H groups in total. The molecule has 0 amide bonds. The van der Waals surface area contributed by atoms with Crippen molar-refractivity contribution in [3.63, 3.8) is 0 Å². The molecule has 0 radical (unpaired) electrons. The van der Waals surface area contributed by atoms with Crippen molar-refractivity contribution >= 4 is 17.9 Å². The molecule has 0 aromatic rings. The predicted octanol–water partition coefficient (Wildman–Crippen LogP) is 19.9. The molecule has 0 rings (SSSR count). The Morgan fingerprint density at radius 2 is 0.433 bits per heavy atom. The standard InChI is InChI=1S/C61H118O6/c1-55(2)47-41-35-29-24-20-16-12-9-7-8-10-14-19-23-27-33-40-46-52-61(64)67-58(54-66-60(63)51-45-39-34-28-31-37-43-49-57(5)6)53-65-59(62)50-44-38-32-26-22-18-15-11-13-17-21-25-30-36-42-48-56(3)4/h55-58H,7-54H2,1-6H3/t58-/m0/s1. The van der Waals surface area contributed by atoms with Crippen LogP contribution in [0.1, 0.15) is 337 Å². The minimum atomic E-state index is -0.764. The molecule has 6 heteroatoms. The van der Waals surface area contributed by atoms with Crippen molar-refractivity contribution in [2.75, 3.05) is 13.2 Å². The highest BCUT2D eigenvalue weighted by atomic mass is 16.6. The second kappa shape index (κ2) is 52.2. The quantitative estimate of drug-likeness (QED) is 0.0343. The molecular formula is C61H118O6. The summed E-state index contributed by atoms with van der Waals surface area (Å²) < 4.78 is 16.9. The molecule has 0 aromatic heterocycles. The molecule has 0 aliphatic rings. The number of hydrogen-bond donors (Lipinski definition) is 0. The van der Waals surface area contributed by atoms with E-state index in [4.69, 9.17) is 14.2 Å². The zero-order chi connectivity index (χ0) is 49.1. The number of hydrogen-bond acceptors (Lipinski definition) is 6. The van der Waals surface area contributed by atoms with Crippen LogP contribution >= 0.6 is 0 Å². The monoisotopic (exact) mass is 947 g/mol. The summed E-state index contributed by atoms with van der Waals surface area (Å²) in [5.41, 5.74) is 0. The van der Waals surface area contributed by atoms with Gasteiger partial charge in [0.05, 0.1) is 0 Å². The third-order valence-corrected chi connectivity index (χ3v) is 13.9. The maximum atomic E-state index is 12.9. The lowest BCUT2D eigenvalue weighted by Gasteiger charge is -2.18. The van der Waals surface area contributed by atoms with Crippen molar-refractivity contribution in [2.24, 2.45) is 17.8 Å². The third kappa shape index (κ3) is 55.2. The maximum absolute atomic E-state index is 12.9. The van der Waals surface area contributed by atoms with Crippen LogP contribution in [-0.4, -0.2) is 37.2 Å². The second-order valence-corrected chi connectivity index (χ2v) is 22.4. The molecule has 0 unspecified atom stereocenters. The highest BCUT2D eigenvalue weighted by molar-refractivity contribution is 5.71. The average Bonchev–Trinajstić information content (AvgIpc) is 3.29. The summed E-state index contributed by atoms with van der Waals surface area (Å²) in [5.74, 6) is 1.64. The fourth-order valence-corrected chi connectivity index (χ4v) is 9.35. The Bertz CT molecular complexity index is 1040. The molecule has 0 aliphatic carbocycles. The molecule has 67 heavy (non-hydrogen) atoms. The number of ether oxygens (including phenoxy) is 3. The van der Waals surface area contributed by atoms with Gasteiger partial charge in [0.2, 0.25) is 0 Å². The Kier molecular flexibility index (Phi) is 51.0.